The minimum atomic E-state index is -0.432. The molecule has 0 atom stereocenters. The molecule has 0 radical (unpaired) electrons. The zero-order valence-corrected chi connectivity index (χ0v) is 13.3. The van der Waals surface area contributed by atoms with Gasteiger partial charge in [-0.05, 0) is 30.4 Å². The van der Waals surface area contributed by atoms with Gasteiger partial charge in [0.2, 0.25) is 0 Å². The van der Waals surface area contributed by atoms with Crippen LogP contribution in [0.5, 0.6) is 0 Å². The minimum absolute atomic E-state index is 0.0347. The van der Waals surface area contributed by atoms with Gasteiger partial charge in [-0.2, -0.15) is 0 Å². The Morgan fingerprint density at radius 2 is 1.95 bits per heavy atom. The van der Waals surface area contributed by atoms with E-state index in [4.69, 9.17) is 12.2 Å². The van der Waals surface area contributed by atoms with E-state index in [0.717, 1.165) is 5.75 Å². The van der Waals surface area contributed by atoms with Gasteiger partial charge in [-0.3, -0.25) is 10.1 Å². The van der Waals surface area contributed by atoms with Crippen molar-refractivity contribution in [1.82, 2.24) is 5.32 Å². The highest BCUT2D eigenvalue weighted by Crippen LogP contribution is 2.17. The van der Waals surface area contributed by atoms with Gasteiger partial charge in [-0.15, -0.1) is 11.8 Å². The molecule has 0 heterocycles. The summed E-state index contributed by atoms with van der Waals surface area (Å²) in [6, 6.07) is 16.4. The first-order valence-corrected chi connectivity index (χ1v) is 8.02. The van der Waals surface area contributed by atoms with Crippen molar-refractivity contribution < 1.29 is 4.92 Å². The Balaban J connectivity index is 1.74. The maximum absolute atomic E-state index is 10.7. The summed E-state index contributed by atoms with van der Waals surface area (Å²) in [7, 11) is 0. The molecule has 0 saturated heterocycles. The Morgan fingerprint density at radius 1 is 1.18 bits per heavy atom. The molecule has 0 unspecified atom stereocenters. The van der Waals surface area contributed by atoms with Crippen molar-refractivity contribution in [2.75, 3.05) is 17.6 Å². The smallest absolute Gasteiger partial charge is 0.271 e. The summed E-state index contributed by atoms with van der Waals surface area (Å²) in [5.41, 5.74) is 0.634. The molecule has 0 aliphatic rings. The molecule has 0 saturated carbocycles. The van der Waals surface area contributed by atoms with E-state index >= 15 is 0 Å². The van der Waals surface area contributed by atoms with Crippen molar-refractivity contribution in [3.8, 4) is 0 Å². The zero-order chi connectivity index (χ0) is 15.8. The predicted molar refractivity (Wildman–Crippen MR) is 94.5 cm³/mol. The van der Waals surface area contributed by atoms with Crippen LogP contribution in [-0.4, -0.2) is 22.3 Å². The van der Waals surface area contributed by atoms with Gasteiger partial charge in [0.25, 0.3) is 5.69 Å². The summed E-state index contributed by atoms with van der Waals surface area (Å²) in [6.45, 7) is 0.709. The second kappa shape index (κ2) is 8.35. The zero-order valence-electron chi connectivity index (χ0n) is 11.7. The van der Waals surface area contributed by atoms with Crippen LogP contribution in [0.15, 0.2) is 59.5 Å². The third-order valence-electron chi connectivity index (χ3n) is 2.71. The lowest BCUT2D eigenvalue weighted by Gasteiger charge is -2.10. The number of thioether (sulfide) groups is 1. The number of nitro groups is 1. The molecular formula is C15H15N3O2S2. The van der Waals surface area contributed by atoms with Gasteiger partial charge in [-0.1, -0.05) is 24.3 Å². The highest BCUT2D eigenvalue weighted by atomic mass is 32.2. The highest BCUT2D eigenvalue weighted by molar-refractivity contribution is 7.99. The molecule has 0 amide bonds. The van der Waals surface area contributed by atoms with Crippen LogP contribution < -0.4 is 10.6 Å². The number of thiocarbonyl (C=S) groups is 1. The monoisotopic (exact) mass is 333 g/mol. The van der Waals surface area contributed by atoms with E-state index in [-0.39, 0.29) is 5.69 Å². The van der Waals surface area contributed by atoms with Gasteiger partial charge in [0, 0.05) is 35.0 Å². The van der Waals surface area contributed by atoms with E-state index in [2.05, 4.69) is 22.8 Å². The second-order valence-electron chi connectivity index (χ2n) is 4.35. The fraction of sp³-hybridized carbons (Fsp3) is 0.133. The lowest BCUT2D eigenvalue weighted by atomic mass is 10.3. The van der Waals surface area contributed by atoms with E-state index in [9.17, 15) is 10.1 Å². The largest absolute Gasteiger partial charge is 0.362 e. The standard InChI is InChI=1S/C15H15N3O2S2/c19-18(20)13-6-4-5-12(11-13)17-15(21)16-9-10-22-14-7-2-1-3-8-14/h1-8,11H,9-10H2,(H2,16,17,21). The molecule has 22 heavy (non-hydrogen) atoms. The molecule has 0 aliphatic heterocycles. The molecule has 7 heteroatoms. The number of nitro benzene ring substituents is 1. The maximum Gasteiger partial charge on any atom is 0.271 e. The number of benzene rings is 2. The topological polar surface area (TPSA) is 67.2 Å². The van der Waals surface area contributed by atoms with Gasteiger partial charge < -0.3 is 10.6 Å². The van der Waals surface area contributed by atoms with Crippen LogP contribution in [0, 0.1) is 10.1 Å². The number of non-ortho nitro benzene ring substituents is 1. The molecule has 0 spiro atoms. The van der Waals surface area contributed by atoms with Gasteiger partial charge in [0.15, 0.2) is 5.11 Å². The van der Waals surface area contributed by atoms with Crippen molar-refractivity contribution in [1.29, 1.82) is 0 Å². The second-order valence-corrected chi connectivity index (χ2v) is 5.93. The summed E-state index contributed by atoms with van der Waals surface area (Å²) in [4.78, 5) is 11.5. The molecule has 0 bridgehead atoms. The fourth-order valence-electron chi connectivity index (χ4n) is 1.72. The normalized spacial score (nSPS) is 10.0. The third kappa shape index (κ3) is 5.34. The van der Waals surface area contributed by atoms with Crippen molar-refractivity contribution in [2.24, 2.45) is 0 Å². The van der Waals surface area contributed by atoms with E-state index in [1.807, 2.05) is 18.2 Å². The third-order valence-corrected chi connectivity index (χ3v) is 3.97. The minimum Gasteiger partial charge on any atom is -0.362 e. The van der Waals surface area contributed by atoms with Crippen LogP contribution in [0.2, 0.25) is 0 Å². The molecule has 2 aromatic rings. The van der Waals surface area contributed by atoms with Gasteiger partial charge >= 0.3 is 0 Å². The Labute approximate surface area is 138 Å². The maximum atomic E-state index is 10.7. The number of nitrogens with one attached hydrogen (secondary N) is 2. The van der Waals surface area contributed by atoms with Gasteiger partial charge in [0.05, 0.1) is 4.92 Å². The molecule has 2 aromatic carbocycles. The van der Waals surface area contributed by atoms with Crippen LogP contribution in [0.3, 0.4) is 0 Å². The quantitative estimate of drug-likeness (QED) is 0.276. The van der Waals surface area contributed by atoms with Crippen molar-refractivity contribution >= 4 is 40.5 Å². The average Bonchev–Trinajstić information content (AvgIpc) is 2.53. The average molecular weight is 333 g/mol. The summed E-state index contributed by atoms with van der Waals surface area (Å²) >= 11 is 6.91. The molecule has 5 nitrogen and oxygen atoms in total. The Bertz CT molecular complexity index is 650. The fourth-order valence-corrected chi connectivity index (χ4v) is 2.73. The summed E-state index contributed by atoms with van der Waals surface area (Å²) < 4.78 is 0. The Kier molecular flexibility index (Phi) is 6.17. The number of hydrogen-bond donors (Lipinski definition) is 2. The molecule has 114 valence electrons. The number of anilines is 1. The van der Waals surface area contributed by atoms with Crippen LogP contribution in [0.25, 0.3) is 0 Å². The van der Waals surface area contributed by atoms with E-state index in [1.165, 1.54) is 17.0 Å². The van der Waals surface area contributed by atoms with Crippen LogP contribution in [-0.2, 0) is 0 Å². The number of hydrogen-bond acceptors (Lipinski definition) is 4. The molecule has 0 fully saturated rings. The first kappa shape index (κ1) is 16.3. The van der Waals surface area contributed by atoms with Gasteiger partial charge in [0.1, 0.15) is 0 Å². The summed E-state index contributed by atoms with van der Waals surface area (Å²) in [5, 5.41) is 17.2. The van der Waals surface area contributed by atoms with Crippen LogP contribution in [0.4, 0.5) is 11.4 Å². The number of rotatable bonds is 6. The van der Waals surface area contributed by atoms with Gasteiger partial charge in [-0.25, -0.2) is 0 Å². The first-order chi connectivity index (χ1) is 10.6. The molecule has 0 aliphatic carbocycles. The first-order valence-electron chi connectivity index (χ1n) is 6.62. The highest BCUT2D eigenvalue weighted by Gasteiger charge is 2.06. The van der Waals surface area contributed by atoms with Crippen LogP contribution >= 0.6 is 24.0 Å². The van der Waals surface area contributed by atoms with Crippen molar-refractivity contribution in [3.63, 3.8) is 0 Å². The molecule has 0 aromatic heterocycles. The lowest BCUT2D eigenvalue weighted by Crippen LogP contribution is -2.30. The van der Waals surface area contributed by atoms with Crippen LogP contribution in [0.1, 0.15) is 0 Å². The Morgan fingerprint density at radius 3 is 2.68 bits per heavy atom. The van der Waals surface area contributed by atoms with Crippen molar-refractivity contribution in [2.45, 2.75) is 4.90 Å². The molecule has 2 N–H and O–H groups in total. The van der Waals surface area contributed by atoms with E-state index < -0.39 is 4.92 Å². The molecular weight excluding hydrogens is 318 g/mol. The Hall–Kier alpha value is -2.12. The lowest BCUT2D eigenvalue weighted by molar-refractivity contribution is -0.384. The molecule has 2 rings (SSSR count). The summed E-state index contributed by atoms with van der Waals surface area (Å²) in [6.07, 6.45) is 0. The number of nitrogens with zero attached hydrogens (tertiary/aromatic N) is 1. The summed E-state index contributed by atoms with van der Waals surface area (Å²) in [5.74, 6) is 0.876. The van der Waals surface area contributed by atoms with Crippen molar-refractivity contribution in [3.05, 3.63) is 64.7 Å². The SMILES string of the molecule is O=[N+]([O-])c1cccc(NC(=S)NCCSc2ccccc2)c1. The van der Waals surface area contributed by atoms with E-state index in [1.54, 1.807) is 23.9 Å². The predicted octanol–water partition coefficient (Wildman–Crippen LogP) is 3.67. The van der Waals surface area contributed by atoms with E-state index in [0.29, 0.717) is 17.3 Å².